The van der Waals surface area contributed by atoms with Gasteiger partial charge < -0.3 is 14.8 Å². The second-order valence-corrected chi connectivity index (χ2v) is 6.55. The standard InChI is InChI=1S/C19H22BrN3O3/c1-12-5-7-15(8-6-12)22-13(2)19(24)23-21-11-14-9-16(20)18(26-4)10-17(14)25-3/h5-11,13,22H,1-4H3,(H,23,24)/b21-11+. The van der Waals surface area contributed by atoms with E-state index in [0.29, 0.717) is 17.1 Å². The molecule has 0 fully saturated rings. The van der Waals surface area contributed by atoms with Crippen LogP contribution < -0.4 is 20.2 Å². The van der Waals surface area contributed by atoms with Gasteiger partial charge in [-0.25, -0.2) is 5.43 Å². The number of carbonyl (C=O) groups excluding carboxylic acids is 1. The first-order valence-electron chi connectivity index (χ1n) is 8.02. The molecule has 7 heteroatoms. The highest BCUT2D eigenvalue weighted by molar-refractivity contribution is 9.10. The number of rotatable bonds is 7. The quantitative estimate of drug-likeness (QED) is 0.529. The van der Waals surface area contributed by atoms with Crippen LogP contribution in [-0.2, 0) is 4.79 Å². The summed E-state index contributed by atoms with van der Waals surface area (Å²) in [4.78, 5) is 12.2. The first kappa shape index (κ1) is 19.8. The van der Waals surface area contributed by atoms with E-state index in [0.717, 1.165) is 15.7 Å². The topological polar surface area (TPSA) is 72.0 Å². The molecule has 0 radical (unpaired) electrons. The molecule has 1 unspecified atom stereocenters. The van der Waals surface area contributed by atoms with Crippen LogP contribution in [0.15, 0.2) is 46.0 Å². The van der Waals surface area contributed by atoms with Crippen molar-refractivity contribution in [2.75, 3.05) is 19.5 Å². The molecule has 6 nitrogen and oxygen atoms in total. The molecule has 1 atom stereocenters. The number of anilines is 1. The maximum Gasteiger partial charge on any atom is 0.262 e. The number of amides is 1. The Morgan fingerprint density at radius 2 is 1.81 bits per heavy atom. The summed E-state index contributed by atoms with van der Waals surface area (Å²) in [5.74, 6) is 1.00. The second-order valence-electron chi connectivity index (χ2n) is 5.70. The fraction of sp³-hybridized carbons (Fsp3) is 0.263. The average molecular weight is 420 g/mol. The number of halogens is 1. The van der Waals surface area contributed by atoms with E-state index in [1.807, 2.05) is 31.2 Å². The third kappa shape index (κ3) is 5.23. The van der Waals surface area contributed by atoms with Crippen molar-refractivity contribution in [3.05, 3.63) is 52.0 Å². The summed E-state index contributed by atoms with van der Waals surface area (Å²) < 4.78 is 11.3. The molecule has 138 valence electrons. The summed E-state index contributed by atoms with van der Waals surface area (Å²) in [6, 6.07) is 11.0. The van der Waals surface area contributed by atoms with Crippen LogP contribution >= 0.6 is 15.9 Å². The molecule has 2 aromatic rings. The molecule has 2 N–H and O–H groups in total. The van der Waals surface area contributed by atoms with Gasteiger partial charge >= 0.3 is 0 Å². The highest BCUT2D eigenvalue weighted by Gasteiger charge is 2.12. The minimum Gasteiger partial charge on any atom is -0.496 e. The van der Waals surface area contributed by atoms with E-state index in [4.69, 9.17) is 9.47 Å². The summed E-state index contributed by atoms with van der Waals surface area (Å²) >= 11 is 3.42. The number of nitrogens with one attached hydrogen (secondary N) is 2. The van der Waals surface area contributed by atoms with Gasteiger partial charge in [-0.3, -0.25) is 4.79 Å². The van der Waals surface area contributed by atoms with Crippen LogP contribution in [0.1, 0.15) is 18.1 Å². The minimum absolute atomic E-state index is 0.242. The first-order chi connectivity index (χ1) is 12.4. The molecule has 2 rings (SSSR count). The van der Waals surface area contributed by atoms with Gasteiger partial charge in [-0.15, -0.1) is 0 Å². The van der Waals surface area contributed by atoms with E-state index in [-0.39, 0.29) is 5.91 Å². The van der Waals surface area contributed by atoms with E-state index in [1.54, 1.807) is 33.3 Å². The zero-order valence-electron chi connectivity index (χ0n) is 15.2. The van der Waals surface area contributed by atoms with Gasteiger partial charge in [0.15, 0.2) is 0 Å². The summed E-state index contributed by atoms with van der Waals surface area (Å²) in [5.41, 5.74) is 5.28. The number of hydrogen-bond donors (Lipinski definition) is 2. The van der Waals surface area contributed by atoms with Gasteiger partial charge in [-0.1, -0.05) is 17.7 Å². The Kier molecular flexibility index (Phi) is 7.03. The van der Waals surface area contributed by atoms with E-state index < -0.39 is 6.04 Å². The number of aryl methyl sites for hydroxylation is 1. The van der Waals surface area contributed by atoms with Crippen molar-refractivity contribution in [2.45, 2.75) is 19.9 Å². The number of nitrogens with zero attached hydrogens (tertiary/aromatic N) is 1. The van der Waals surface area contributed by atoms with Crippen molar-refractivity contribution in [2.24, 2.45) is 5.10 Å². The van der Waals surface area contributed by atoms with E-state index >= 15 is 0 Å². The van der Waals surface area contributed by atoms with E-state index in [9.17, 15) is 4.79 Å². The summed E-state index contributed by atoms with van der Waals surface area (Å²) in [7, 11) is 3.14. The molecule has 2 aromatic carbocycles. The van der Waals surface area contributed by atoms with E-state index in [2.05, 4.69) is 31.8 Å². The van der Waals surface area contributed by atoms with Gasteiger partial charge in [0, 0.05) is 17.3 Å². The van der Waals surface area contributed by atoms with Crippen LogP contribution in [0.2, 0.25) is 0 Å². The normalized spacial score (nSPS) is 11.9. The summed E-state index contributed by atoms with van der Waals surface area (Å²) in [6.07, 6.45) is 1.53. The molecule has 0 heterocycles. The Labute approximate surface area is 161 Å². The highest BCUT2D eigenvalue weighted by Crippen LogP contribution is 2.31. The third-order valence-electron chi connectivity index (χ3n) is 3.71. The van der Waals surface area contributed by atoms with Crippen LogP contribution in [0.25, 0.3) is 0 Å². The highest BCUT2D eigenvalue weighted by atomic mass is 79.9. The van der Waals surface area contributed by atoms with Gasteiger partial charge in [0.25, 0.3) is 5.91 Å². The number of benzene rings is 2. The molecule has 0 aliphatic carbocycles. The van der Waals surface area contributed by atoms with E-state index in [1.165, 1.54) is 6.21 Å². The SMILES string of the molecule is COc1cc(OC)c(/C=N/NC(=O)C(C)Nc2ccc(C)cc2)cc1Br. The molecular formula is C19H22BrN3O3. The monoisotopic (exact) mass is 419 g/mol. The van der Waals surface area contributed by atoms with Gasteiger partial charge in [-0.05, 0) is 48.0 Å². The number of hydrogen-bond acceptors (Lipinski definition) is 5. The van der Waals surface area contributed by atoms with Crippen molar-refractivity contribution in [1.82, 2.24) is 5.43 Å². The predicted molar refractivity (Wildman–Crippen MR) is 107 cm³/mol. The smallest absolute Gasteiger partial charge is 0.262 e. The summed E-state index contributed by atoms with van der Waals surface area (Å²) in [6.45, 7) is 3.79. The lowest BCUT2D eigenvalue weighted by Gasteiger charge is -2.13. The first-order valence-corrected chi connectivity index (χ1v) is 8.81. The molecule has 1 amide bonds. The number of ether oxygens (including phenoxy) is 2. The van der Waals surface area contributed by atoms with Crippen LogP contribution in [0.3, 0.4) is 0 Å². The Hall–Kier alpha value is -2.54. The van der Waals surface area contributed by atoms with Crippen molar-refractivity contribution < 1.29 is 14.3 Å². The molecule has 0 aliphatic heterocycles. The maximum absolute atomic E-state index is 12.2. The third-order valence-corrected chi connectivity index (χ3v) is 4.33. The second kappa shape index (κ2) is 9.24. The lowest BCUT2D eigenvalue weighted by Crippen LogP contribution is -2.34. The van der Waals surface area contributed by atoms with Crippen molar-refractivity contribution >= 4 is 33.7 Å². The molecule has 0 saturated heterocycles. The van der Waals surface area contributed by atoms with Gasteiger partial charge in [0.05, 0.1) is 24.9 Å². The Balaban J connectivity index is 1.99. The fourth-order valence-electron chi connectivity index (χ4n) is 2.21. The minimum atomic E-state index is -0.431. The largest absolute Gasteiger partial charge is 0.496 e. The lowest BCUT2D eigenvalue weighted by atomic mass is 10.2. The van der Waals surface area contributed by atoms with Crippen molar-refractivity contribution in [3.63, 3.8) is 0 Å². The zero-order chi connectivity index (χ0) is 19.1. The number of carbonyl (C=O) groups is 1. The Morgan fingerprint density at radius 1 is 1.15 bits per heavy atom. The molecule has 26 heavy (non-hydrogen) atoms. The predicted octanol–water partition coefficient (Wildman–Crippen LogP) is 3.73. The molecule has 0 aliphatic rings. The van der Waals surface area contributed by atoms with Gasteiger partial charge in [0.1, 0.15) is 17.5 Å². The van der Waals surface area contributed by atoms with Crippen molar-refractivity contribution in [1.29, 1.82) is 0 Å². The molecule has 0 saturated carbocycles. The van der Waals surface area contributed by atoms with Gasteiger partial charge in [-0.2, -0.15) is 5.10 Å². The number of hydrazone groups is 1. The Morgan fingerprint density at radius 3 is 2.42 bits per heavy atom. The van der Waals surface area contributed by atoms with Crippen LogP contribution in [0, 0.1) is 6.92 Å². The fourth-order valence-corrected chi connectivity index (χ4v) is 2.73. The summed E-state index contributed by atoms with van der Waals surface area (Å²) in [5, 5.41) is 7.15. The maximum atomic E-state index is 12.2. The Bertz CT molecular complexity index is 791. The molecule has 0 aromatic heterocycles. The van der Waals surface area contributed by atoms with Crippen LogP contribution in [0.5, 0.6) is 11.5 Å². The lowest BCUT2D eigenvalue weighted by molar-refractivity contribution is -0.121. The van der Waals surface area contributed by atoms with Crippen LogP contribution in [0.4, 0.5) is 5.69 Å². The zero-order valence-corrected chi connectivity index (χ0v) is 16.8. The molecule has 0 spiro atoms. The molecular weight excluding hydrogens is 398 g/mol. The van der Waals surface area contributed by atoms with Crippen molar-refractivity contribution in [3.8, 4) is 11.5 Å². The molecule has 0 bridgehead atoms. The number of methoxy groups -OCH3 is 2. The van der Waals surface area contributed by atoms with Crippen LogP contribution in [-0.4, -0.2) is 32.4 Å². The van der Waals surface area contributed by atoms with Gasteiger partial charge in [0.2, 0.25) is 0 Å². The average Bonchev–Trinajstić information content (AvgIpc) is 2.63.